The van der Waals surface area contributed by atoms with Gasteiger partial charge in [-0.3, -0.25) is 14.9 Å². The van der Waals surface area contributed by atoms with Crippen LogP contribution in [0.25, 0.3) is 0 Å². The number of hydrogen-bond acceptors (Lipinski definition) is 5. The highest BCUT2D eigenvalue weighted by Crippen LogP contribution is 2.23. The number of rotatable bonds is 7. The molecule has 2 N–H and O–H groups in total. The van der Waals surface area contributed by atoms with Gasteiger partial charge in [0, 0.05) is 18.8 Å². The molecule has 0 bridgehead atoms. The van der Waals surface area contributed by atoms with Crippen LogP contribution in [0.3, 0.4) is 0 Å². The molecule has 1 rings (SSSR count). The molecule has 1 unspecified atom stereocenters. The minimum absolute atomic E-state index is 0.109. The van der Waals surface area contributed by atoms with Gasteiger partial charge in [-0.2, -0.15) is 0 Å². The average Bonchev–Trinajstić information content (AvgIpc) is 2.35. The molecule has 1 heterocycles. The maximum atomic E-state index is 11.0. The van der Waals surface area contributed by atoms with Gasteiger partial charge in [0.15, 0.2) is 0 Å². The molecule has 104 valence electrons. The van der Waals surface area contributed by atoms with Gasteiger partial charge in [0.2, 0.25) is 5.82 Å². The quantitative estimate of drug-likeness (QED) is 0.579. The topological polar surface area (TPSA) is 105 Å². The fraction of sp³-hybridized carbons (Fsp3) is 0.500. The van der Waals surface area contributed by atoms with Crippen molar-refractivity contribution in [2.24, 2.45) is 5.92 Å². The number of anilines is 1. The van der Waals surface area contributed by atoms with Crippen molar-refractivity contribution in [3.8, 4) is 0 Å². The summed E-state index contributed by atoms with van der Waals surface area (Å²) >= 11 is 0. The third kappa shape index (κ3) is 4.20. The van der Waals surface area contributed by atoms with Crippen LogP contribution in [0.4, 0.5) is 11.5 Å². The van der Waals surface area contributed by atoms with Gasteiger partial charge in [0.1, 0.15) is 0 Å². The van der Waals surface area contributed by atoms with E-state index in [-0.39, 0.29) is 18.1 Å². The molecule has 0 aliphatic heterocycles. The normalized spacial score (nSPS) is 11.9. The fourth-order valence-corrected chi connectivity index (χ4v) is 1.71. The van der Waals surface area contributed by atoms with E-state index in [1.807, 2.05) is 6.92 Å². The lowest BCUT2D eigenvalue weighted by atomic mass is 10.0. The van der Waals surface area contributed by atoms with Gasteiger partial charge in [-0.25, -0.2) is 4.98 Å². The Labute approximate surface area is 110 Å². The van der Waals surface area contributed by atoms with Gasteiger partial charge < -0.3 is 10.4 Å². The van der Waals surface area contributed by atoms with Crippen molar-refractivity contribution in [3.05, 3.63) is 27.9 Å². The summed E-state index contributed by atoms with van der Waals surface area (Å²) in [6.45, 7) is 3.73. The summed E-state index contributed by atoms with van der Waals surface area (Å²) < 4.78 is 0. The van der Waals surface area contributed by atoms with Crippen LogP contribution in [0.5, 0.6) is 0 Å². The molecule has 1 atom stereocenters. The Morgan fingerprint density at radius 3 is 2.84 bits per heavy atom. The van der Waals surface area contributed by atoms with E-state index < -0.39 is 16.8 Å². The summed E-state index contributed by atoms with van der Waals surface area (Å²) in [7, 11) is 0. The van der Waals surface area contributed by atoms with Crippen molar-refractivity contribution in [3.63, 3.8) is 0 Å². The van der Waals surface area contributed by atoms with Gasteiger partial charge >= 0.3 is 11.7 Å². The minimum atomic E-state index is -0.913. The van der Waals surface area contributed by atoms with Gasteiger partial charge in [-0.1, -0.05) is 13.3 Å². The molecule has 0 aliphatic carbocycles. The fourth-order valence-electron chi connectivity index (χ4n) is 1.71. The van der Waals surface area contributed by atoms with Crippen LogP contribution >= 0.6 is 0 Å². The van der Waals surface area contributed by atoms with E-state index in [4.69, 9.17) is 5.11 Å². The highest BCUT2D eigenvalue weighted by atomic mass is 16.6. The molecule has 1 aromatic heterocycles. The maximum Gasteiger partial charge on any atom is 0.311 e. The number of aromatic nitrogens is 1. The third-order valence-corrected chi connectivity index (χ3v) is 2.70. The first kappa shape index (κ1) is 14.9. The number of nitro groups is 1. The molecule has 7 nitrogen and oxygen atoms in total. The Morgan fingerprint density at radius 1 is 1.63 bits per heavy atom. The Kier molecular flexibility index (Phi) is 5.23. The van der Waals surface area contributed by atoms with Crippen LogP contribution in [0.1, 0.15) is 25.3 Å². The van der Waals surface area contributed by atoms with Gasteiger partial charge in [-0.15, -0.1) is 0 Å². The molecule has 1 aromatic rings. The summed E-state index contributed by atoms with van der Waals surface area (Å²) in [6.07, 6.45) is 2.76. The molecule has 0 aliphatic rings. The van der Waals surface area contributed by atoms with Crippen molar-refractivity contribution in [2.45, 2.75) is 26.7 Å². The molecular weight excluding hydrogens is 250 g/mol. The van der Waals surface area contributed by atoms with E-state index >= 15 is 0 Å². The maximum absolute atomic E-state index is 11.0. The highest BCUT2D eigenvalue weighted by Gasteiger charge is 2.20. The number of aryl methyl sites for hydroxylation is 1. The first-order chi connectivity index (χ1) is 8.95. The van der Waals surface area contributed by atoms with E-state index in [0.29, 0.717) is 12.0 Å². The largest absolute Gasteiger partial charge is 0.481 e. The highest BCUT2D eigenvalue weighted by molar-refractivity contribution is 5.71. The SMILES string of the molecule is CCCC(CNc1ncc(C)cc1[N+](=O)[O-])C(=O)O. The molecule has 0 amide bonds. The number of nitrogens with zero attached hydrogens (tertiary/aromatic N) is 2. The van der Waals surface area contributed by atoms with Crippen LogP contribution in [0, 0.1) is 23.0 Å². The molecule has 0 saturated carbocycles. The van der Waals surface area contributed by atoms with Crippen LogP contribution < -0.4 is 5.32 Å². The van der Waals surface area contributed by atoms with Gasteiger partial charge in [-0.05, 0) is 18.9 Å². The summed E-state index contributed by atoms with van der Waals surface area (Å²) in [4.78, 5) is 25.3. The van der Waals surface area contributed by atoms with Gasteiger partial charge in [0.05, 0.1) is 10.8 Å². The average molecular weight is 267 g/mol. The first-order valence-corrected chi connectivity index (χ1v) is 6.03. The zero-order valence-corrected chi connectivity index (χ0v) is 10.9. The van der Waals surface area contributed by atoms with E-state index in [1.54, 1.807) is 6.92 Å². The predicted octanol–water partition coefficient (Wildman–Crippen LogP) is 2.21. The number of pyridine rings is 1. The van der Waals surface area contributed by atoms with Crippen molar-refractivity contribution >= 4 is 17.5 Å². The number of aliphatic carboxylic acids is 1. The van der Waals surface area contributed by atoms with E-state index in [9.17, 15) is 14.9 Å². The number of carbonyl (C=O) groups is 1. The van der Waals surface area contributed by atoms with E-state index in [0.717, 1.165) is 6.42 Å². The van der Waals surface area contributed by atoms with Crippen LogP contribution in [-0.2, 0) is 4.79 Å². The number of nitrogens with one attached hydrogen (secondary N) is 1. The zero-order valence-electron chi connectivity index (χ0n) is 10.9. The standard InChI is InChI=1S/C12H17N3O4/c1-3-4-9(12(16)17)7-14-11-10(15(18)19)5-8(2)6-13-11/h5-6,9H,3-4,7H2,1-2H3,(H,13,14)(H,16,17). The lowest BCUT2D eigenvalue weighted by Gasteiger charge is -2.12. The second-order valence-electron chi connectivity index (χ2n) is 4.34. The summed E-state index contributed by atoms with van der Waals surface area (Å²) in [5.41, 5.74) is 0.543. The van der Waals surface area contributed by atoms with Crippen molar-refractivity contribution in [1.82, 2.24) is 4.98 Å². The summed E-state index contributed by atoms with van der Waals surface area (Å²) in [6, 6.07) is 1.41. The Bertz CT molecular complexity index is 476. The minimum Gasteiger partial charge on any atom is -0.481 e. The lowest BCUT2D eigenvalue weighted by molar-refractivity contribution is -0.384. The van der Waals surface area contributed by atoms with Crippen molar-refractivity contribution < 1.29 is 14.8 Å². The second-order valence-corrected chi connectivity index (χ2v) is 4.34. The molecule has 0 saturated heterocycles. The Hall–Kier alpha value is -2.18. The monoisotopic (exact) mass is 267 g/mol. The Morgan fingerprint density at radius 2 is 2.32 bits per heavy atom. The smallest absolute Gasteiger partial charge is 0.311 e. The summed E-state index contributed by atoms with van der Waals surface area (Å²) in [5.74, 6) is -1.38. The number of carboxylic acids is 1. The molecule has 0 spiro atoms. The molecule has 0 fully saturated rings. The first-order valence-electron chi connectivity index (χ1n) is 6.03. The lowest BCUT2D eigenvalue weighted by Crippen LogP contribution is -2.23. The van der Waals surface area contributed by atoms with Crippen LogP contribution in [0.15, 0.2) is 12.3 Å². The predicted molar refractivity (Wildman–Crippen MR) is 70.2 cm³/mol. The molecule has 0 radical (unpaired) electrons. The molecular formula is C12H17N3O4. The number of carboxylic acid groups (broad SMARTS) is 1. The molecule has 19 heavy (non-hydrogen) atoms. The number of hydrogen-bond donors (Lipinski definition) is 2. The third-order valence-electron chi connectivity index (χ3n) is 2.70. The molecule has 7 heteroatoms. The van der Waals surface area contributed by atoms with Gasteiger partial charge in [0.25, 0.3) is 0 Å². The van der Waals surface area contributed by atoms with Crippen LogP contribution in [0.2, 0.25) is 0 Å². The van der Waals surface area contributed by atoms with E-state index in [2.05, 4.69) is 10.3 Å². The molecule has 0 aromatic carbocycles. The van der Waals surface area contributed by atoms with E-state index in [1.165, 1.54) is 12.3 Å². The Balaban J connectivity index is 2.82. The van der Waals surface area contributed by atoms with Crippen LogP contribution in [-0.4, -0.2) is 27.5 Å². The van der Waals surface area contributed by atoms with Crippen molar-refractivity contribution in [2.75, 3.05) is 11.9 Å². The van der Waals surface area contributed by atoms with Crippen molar-refractivity contribution in [1.29, 1.82) is 0 Å². The second kappa shape index (κ2) is 6.67. The summed E-state index contributed by atoms with van der Waals surface area (Å²) in [5, 5.41) is 22.7. The zero-order chi connectivity index (χ0) is 14.4.